The molecule has 308 valence electrons. The lowest BCUT2D eigenvalue weighted by atomic mass is 9.88. The molecule has 0 unspecified atom stereocenters. The van der Waals surface area contributed by atoms with Crippen LogP contribution in [0.1, 0.15) is 247 Å². The smallest absolute Gasteiger partial charge is 0.334 e. The molecular formula is C46H89NO5. The van der Waals surface area contributed by atoms with Crippen molar-refractivity contribution in [3.63, 3.8) is 0 Å². The summed E-state index contributed by atoms with van der Waals surface area (Å²) in [6, 6.07) is 0. The van der Waals surface area contributed by atoms with Crippen molar-refractivity contribution in [2.24, 2.45) is 17.6 Å². The number of ketones is 1. The minimum Gasteiger partial charge on any atom is -0.466 e. The molecule has 0 rings (SSSR count). The molecule has 1 atom stereocenters. The molecule has 6 heteroatoms. The number of carbonyl (C=O) groups excluding carboxylic acids is 3. The molecule has 0 aliphatic rings. The molecule has 0 aromatic rings. The van der Waals surface area contributed by atoms with Gasteiger partial charge in [0.15, 0.2) is 11.3 Å². The first-order valence-corrected chi connectivity index (χ1v) is 22.8. The molecule has 0 aromatic carbocycles. The predicted molar refractivity (Wildman–Crippen MR) is 222 cm³/mol. The molecule has 0 fully saturated rings. The van der Waals surface area contributed by atoms with Gasteiger partial charge in [-0.05, 0) is 31.1 Å². The summed E-state index contributed by atoms with van der Waals surface area (Å²) in [6.07, 6.45) is 36.6. The summed E-state index contributed by atoms with van der Waals surface area (Å²) in [5, 5.41) is 0. The highest BCUT2D eigenvalue weighted by molar-refractivity contribution is 6.10. The molecule has 0 aromatic heterocycles. The van der Waals surface area contributed by atoms with E-state index in [4.69, 9.17) is 15.2 Å². The zero-order chi connectivity index (χ0) is 38.5. The van der Waals surface area contributed by atoms with Gasteiger partial charge in [0, 0.05) is 6.42 Å². The summed E-state index contributed by atoms with van der Waals surface area (Å²) in [5.41, 5.74) is 4.51. The Kier molecular flexibility index (Phi) is 35.5. The van der Waals surface area contributed by atoms with Gasteiger partial charge in [-0.25, -0.2) is 4.79 Å². The summed E-state index contributed by atoms with van der Waals surface area (Å²) >= 11 is 0. The second-order valence-electron chi connectivity index (χ2n) is 16.9. The standard InChI is InChI=1S/C46H89NO5/c1-6-7-8-9-10-11-12-13-14-15-22-27-32-37-43(48)46(47,45(50)52-39-34-29-24-19-17-21-26-31-36-42(4)5)40-44(49)51-38-33-28-23-18-16-20-25-30-35-41(2)3/h41-42H,6-40,47H2,1-5H3/t46-/m1/s1. The maximum Gasteiger partial charge on any atom is 0.334 e. The molecule has 2 N–H and O–H groups in total. The number of unbranched alkanes of at least 4 members (excludes halogenated alkanes) is 26. The molecule has 0 spiro atoms. The normalized spacial score (nSPS) is 12.8. The van der Waals surface area contributed by atoms with E-state index >= 15 is 0 Å². The van der Waals surface area contributed by atoms with Gasteiger partial charge >= 0.3 is 11.9 Å². The van der Waals surface area contributed by atoms with Gasteiger partial charge < -0.3 is 15.2 Å². The first-order chi connectivity index (χ1) is 25.1. The zero-order valence-electron chi connectivity index (χ0n) is 35.5. The number of hydrogen-bond acceptors (Lipinski definition) is 6. The maximum atomic E-state index is 13.4. The number of ether oxygens (including phenoxy) is 2. The highest BCUT2D eigenvalue weighted by Gasteiger charge is 2.45. The maximum absolute atomic E-state index is 13.4. The van der Waals surface area contributed by atoms with Crippen LogP contribution >= 0.6 is 0 Å². The van der Waals surface area contributed by atoms with Crippen LogP contribution in [0.15, 0.2) is 0 Å². The first kappa shape index (κ1) is 50.6. The molecule has 0 saturated heterocycles. The fourth-order valence-electron chi connectivity index (χ4n) is 7.00. The number of nitrogens with two attached hydrogens (primary N) is 1. The van der Waals surface area contributed by atoms with Gasteiger partial charge in [0.2, 0.25) is 0 Å². The number of Topliss-reactive ketones (excluding diaryl/α,β-unsaturated/α-hetero) is 1. The lowest BCUT2D eigenvalue weighted by molar-refractivity contribution is -0.160. The molecule has 0 radical (unpaired) electrons. The Morgan fingerprint density at radius 3 is 1.17 bits per heavy atom. The summed E-state index contributed by atoms with van der Waals surface area (Å²) in [7, 11) is 0. The van der Waals surface area contributed by atoms with Crippen molar-refractivity contribution < 1.29 is 23.9 Å². The molecule has 6 nitrogen and oxygen atoms in total. The van der Waals surface area contributed by atoms with Gasteiger partial charge in [-0.1, -0.05) is 214 Å². The van der Waals surface area contributed by atoms with E-state index in [1.165, 1.54) is 141 Å². The zero-order valence-corrected chi connectivity index (χ0v) is 35.5. The van der Waals surface area contributed by atoms with Gasteiger partial charge in [0.05, 0.1) is 19.6 Å². The SMILES string of the molecule is CCCCCCCCCCCCCCCC(=O)[C@](N)(CC(=O)OCCCCCCCCCCC(C)C)C(=O)OCCCCCCCCCCC(C)C. The quantitative estimate of drug-likeness (QED) is 0.0382. The fraction of sp³-hybridized carbons (Fsp3) is 0.935. The van der Waals surface area contributed by atoms with E-state index in [-0.39, 0.29) is 13.0 Å². The molecule has 0 amide bonds. The Morgan fingerprint density at radius 1 is 0.462 bits per heavy atom. The Morgan fingerprint density at radius 2 is 0.788 bits per heavy atom. The number of rotatable bonds is 40. The van der Waals surface area contributed by atoms with E-state index in [1.54, 1.807) is 0 Å². The van der Waals surface area contributed by atoms with Crippen LogP contribution in [0.3, 0.4) is 0 Å². The summed E-state index contributed by atoms with van der Waals surface area (Å²) in [6.45, 7) is 11.9. The van der Waals surface area contributed by atoms with Gasteiger partial charge in [-0.15, -0.1) is 0 Å². The molecule has 0 aliphatic carbocycles. The van der Waals surface area contributed by atoms with Crippen LogP contribution in [-0.2, 0) is 23.9 Å². The van der Waals surface area contributed by atoms with Crippen molar-refractivity contribution in [3.05, 3.63) is 0 Å². The van der Waals surface area contributed by atoms with Crippen LogP contribution < -0.4 is 5.73 Å². The van der Waals surface area contributed by atoms with E-state index in [9.17, 15) is 14.4 Å². The van der Waals surface area contributed by atoms with Crippen molar-refractivity contribution in [3.8, 4) is 0 Å². The second kappa shape index (κ2) is 36.5. The van der Waals surface area contributed by atoms with Crippen molar-refractivity contribution in [2.75, 3.05) is 13.2 Å². The average Bonchev–Trinajstić information content (AvgIpc) is 3.10. The van der Waals surface area contributed by atoms with E-state index < -0.39 is 29.7 Å². The Balaban J connectivity index is 4.54. The Hall–Kier alpha value is -1.43. The van der Waals surface area contributed by atoms with E-state index in [0.29, 0.717) is 13.0 Å². The minimum atomic E-state index is -1.97. The number of esters is 2. The topological polar surface area (TPSA) is 95.7 Å². The predicted octanol–water partition coefficient (Wildman–Crippen LogP) is 13.5. The molecule has 0 aliphatic heterocycles. The summed E-state index contributed by atoms with van der Waals surface area (Å²) in [4.78, 5) is 39.5. The summed E-state index contributed by atoms with van der Waals surface area (Å²) < 4.78 is 11.0. The Bertz CT molecular complexity index is 828. The largest absolute Gasteiger partial charge is 0.466 e. The molecule has 0 heterocycles. The monoisotopic (exact) mass is 736 g/mol. The van der Waals surface area contributed by atoms with Crippen molar-refractivity contribution in [1.29, 1.82) is 0 Å². The van der Waals surface area contributed by atoms with E-state index in [2.05, 4.69) is 34.6 Å². The second-order valence-corrected chi connectivity index (χ2v) is 16.9. The lowest BCUT2D eigenvalue weighted by Crippen LogP contribution is -2.57. The lowest BCUT2D eigenvalue weighted by Gasteiger charge is -2.25. The van der Waals surface area contributed by atoms with Gasteiger partial charge in [0.25, 0.3) is 0 Å². The van der Waals surface area contributed by atoms with E-state index in [1.807, 2.05) is 0 Å². The van der Waals surface area contributed by atoms with Crippen LogP contribution in [0, 0.1) is 11.8 Å². The molecule has 0 bridgehead atoms. The highest BCUT2D eigenvalue weighted by Crippen LogP contribution is 2.20. The van der Waals surface area contributed by atoms with Crippen molar-refractivity contribution >= 4 is 17.7 Å². The molecular weight excluding hydrogens is 647 g/mol. The first-order valence-electron chi connectivity index (χ1n) is 22.8. The third-order valence-electron chi connectivity index (χ3n) is 10.6. The Labute approximate surface area is 323 Å². The van der Waals surface area contributed by atoms with Crippen LogP contribution in [0.5, 0.6) is 0 Å². The highest BCUT2D eigenvalue weighted by atomic mass is 16.5. The minimum absolute atomic E-state index is 0.186. The van der Waals surface area contributed by atoms with Gasteiger partial charge in [-0.2, -0.15) is 0 Å². The number of hydrogen-bond donors (Lipinski definition) is 1. The van der Waals surface area contributed by atoms with Crippen LogP contribution in [0.4, 0.5) is 0 Å². The van der Waals surface area contributed by atoms with Crippen LogP contribution in [0.25, 0.3) is 0 Å². The third kappa shape index (κ3) is 32.0. The average molecular weight is 736 g/mol. The molecule has 52 heavy (non-hydrogen) atoms. The van der Waals surface area contributed by atoms with Crippen LogP contribution in [0.2, 0.25) is 0 Å². The van der Waals surface area contributed by atoms with Gasteiger partial charge in [0.1, 0.15) is 0 Å². The van der Waals surface area contributed by atoms with E-state index in [0.717, 1.165) is 63.2 Å². The fourth-order valence-corrected chi connectivity index (χ4v) is 7.00. The molecule has 0 saturated carbocycles. The number of carbonyl (C=O) groups is 3. The van der Waals surface area contributed by atoms with Crippen LogP contribution in [-0.4, -0.2) is 36.5 Å². The van der Waals surface area contributed by atoms with Crippen molar-refractivity contribution in [1.82, 2.24) is 0 Å². The summed E-state index contributed by atoms with van der Waals surface area (Å²) in [5.74, 6) is -0.185. The third-order valence-corrected chi connectivity index (χ3v) is 10.6. The van der Waals surface area contributed by atoms with Crippen molar-refractivity contribution in [2.45, 2.75) is 252 Å². The van der Waals surface area contributed by atoms with Gasteiger partial charge in [-0.3, -0.25) is 9.59 Å².